The molecule has 32 heavy (non-hydrogen) atoms. The highest BCUT2D eigenvalue weighted by atomic mass is 35.5. The van der Waals surface area contributed by atoms with E-state index in [-0.39, 0.29) is 18.5 Å². The first-order valence-electron chi connectivity index (χ1n) is 10.3. The number of anilines is 1. The first kappa shape index (κ1) is 26.7. The number of alkyl halides is 3. The van der Waals surface area contributed by atoms with Gasteiger partial charge in [-0.3, -0.25) is 4.79 Å². The van der Waals surface area contributed by atoms with Gasteiger partial charge in [-0.2, -0.15) is 13.2 Å². The number of amides is 2. The maximum Gasteiger partial charge on any atom is 0.416 e. The Balaban J connectivity index is 2.13. The first-order chi connectivity index (χ1) is 14.9. The molecule has 0 aromatic heterocycles. The average molecular weight is 517 g/mol. The second-order valence-corrected chi connectivity index (χ2v) is 10.4. The number of halogens is 5. The quantitative estimate of drug-likeness (QED) is 0.491. The molecule has 1 aliphatic rings. The molecule has 0 saturated heterocycles. The number of urea groups is 1. The number of hydrogen-bond acceptors (Lipinski definition) is 4. The summed E-state index contributed by atoms with van der Waals surface area (Å²) in [4.78, 5) is 24.8. The number of ketones is 1. The van der Waals surface area contributed by atoms with Crippen LogP contribution in [0.2, 0.25) is 10.0 Å². The van der Waals surface area contributed by atoms with Crippen LogP contribution < -0.4 is 10.0 Å². The van der Waals surface area contributed by atoms with Crippen molar-refractivity contribution in [1.29, 1.82) is 0 Å². The van der Waals surface area contributed by atoms with E-state index < -0.39 is 48.9 Å². The van der Waals surface area contributed by atoms with Crippen LogP contribution in [0.4, 0.5) is 23.7 Å². The van der Waals surface area contributed by atoms with Crippen molar-refractivity contribution in [3.63, 3.8) is 0 Å². The van der Waals surface area contributed by atoms with Crippen molar-refractivity contribution >= 4 is 50.7 Å². The van der Waals surface area contributed by atoms with Crippen LogP contribution in [0.5, 0.6) is 0 Å². The minimum Gasteiger partial charge on any atom is -0.304 e. The molecular formula is C20H25Cl2F3N2O4S. The molecule has 0 heterocycles. The number of carbonyl (C=O) groups is 2. The molecule has 1 aromatic rings. The monoisotopic (exact) mass is 516 g/mol. The van der Waals surface area contributed by atoms with Crippen molar-refractivity contribution in [3.05, 3.63) is 27.7 Å². The summed E-state index contributed by atoms with van der Waals surface area (Å²) in [5.74, 6) is -0.462. The molecule has 180 valence electrons. The van der Waals surface area contributed by atoms with Gasteiger partial charge in [0.05, 0.1) is 21.3 Å². The molecule has 0 spiro atoms. The first-order valence-corrected chi connectivity index (χ1v) is 12.6. The molecule has 6 nitrogen and oxygen atoms in total. The van der Waals surface area contributed by atoms with Gasteiger partial charge in [-0.1, -0.05) is 68.1 Å². The number of carbonyl (C=O) groups excluding carboxylic acids is 2. The number of hydrogen-bond donors (Lipinski definition) is 2. The van der Waals surface area contributed by atoms with Gasteiger partial charge in [-0.25, -0.2) is 17.9 Å². The summed E-state index contributed by atoms with van der Waals surface area (Å²) in [5.41, 5.74) is -1.50. The third-order valence-electron chi connectivity index (χ3n) is 5.22. The molecule has 12 heteroatoms. The summed E-state index contributed by atoms with van der Waals surface area (Å²) >= 11 is 11.6. The van der Waals surface area contributed by atoms with Crippen molar-refractivity contribution < 1.29 is 31.2 Å². The smallest absolute Gasteiger partial charge is 0.304 e. The minimum absolute atomic E-state index is 0.0865. The van der Waals surface area contributed by atoms with E-state index in [1.807, 2.05) is 0 Å². The molecule has 1 fully saturated rings. The summed E-state index contributed by atoms with van der Waals surface area (Å²) in [7, 11) is -4.38. The molecule has 2 rings (SSSR count). The van der Waals surface area contributed by atoms with E-state index in [4.69, 9.17) is 23.2 Å². The molecule has 1 saturated carbocycles. The predicted molar refractivity (Wildman–Crippen MR) is 118 cm³/mol. The van der Waals surface area contributed by atoms with Gasteiger partial charge in [-0.15, -0.1) is 0 Å². The zero-order chi connectivity index (χ0) is 23.9. The third kappa shape index (κ3) is 7.81. The summed E-state index contributed by atoms with van der Waals surface area (Å²) < 4.78 is 65.8. The van der Waals surface area contributed by atoms with E-state index in [9.17, 15) is 31.2 Å². The molecule has 0 bridgehead atoms. The van der Waals surface area contributed by atoms with E-state index >= 15 is 0 Å². The topological polar surface area (TPSA) is 92.3 Å². The number of rotatable bonds is 3. The summed E-state index contributed by atoms with van der Waals surface area (Å²) in [6.45, 7) is 0. The lowest BCUT2D eigenvalue weighted by atomic mass is 10.0. The Hall–Kier alpha value is -1.52. The van der Waals surface area contributed by atoms with Crippen LogP contribution in [0.3, 0.4) is 0 Å². The zero-order valence-electron chi connectivity index (χ0n) is 17.2. The van der Waals surface area contributed by atoms with Crippen molar-refractivity contribution in [3.8, 4) is 0 Å². The van der Waals surface area contributed by atoms with Gasteiger partial charge in [0.15, 0.2) is 5.78 Å². The fourth-order valence-electron chi connectivity index (χ4n) is 3.54. The van der Waals surface area contributed by atoms with Gasteiger partial charge in [0, 0.05) is 6.42 Å². The van der Waals surface area contributed by atoms with Crippen molar-refractivity contribution in [2.75, 3.05) is 5.32 Å². The minimum atomic E-state index is -4.70. The summed E-state index contributed by atoms with van der Waals surface area (Å²) in [5, 5.41) is -0.348. The van der Waals surface area contributed by atoms with Crippen molar-refractivity contribution in [2.45, 2.75) is 75.6 Å². The van der Waals surface area contributed by atoms with Crippen LogP contribution in [0.1, 0.15) is 69.8 Å². The predicted octanol–water partition coefficient (Wildman–Crippen LogP) is 6.32. The molecule has 0 radical (unpaired) electrons. The van der Waals surface area contributed by atoms with Crippen LogP contribution in [0.25, 0.3) is 0 Å². The second kappa shape index (κ2) is 11.6. The highest BCUT2D eigenvalue weighted by Crippen LogP contribution is 2.38. The largest absolute Gasteiger partial charge is 0.416 e. The number of nitrogens with one attached hydrogen (secondary N) is 2. The number of Topliss-reactive ketones (excluding diaryl/α,β-unsaturated/α-hetero) is 1. The molecular weight excluding hydrogens is 492 g/mol. The highest BCUT2D eigenvalue weighted by molar-refractivity contribution is 7.91. The second-order valence-electron chi connectivity index (χ2n) is 7.74. The van der Waals surface area contributed by atoms with Gasteiger partial charge in [0.25, 0.3) is 0 Å². The van der Waals surface area contributed by atoms with Gasteiger partial charge in [-0.05, 0) is 25.0 Å². The normalized spacial score (nSPS) is 19.5. The Kier molecular flexibility index (Phi) is 9.66. The third-order valence-corrected chi connectivity index (χ3v) is 7.53. The Bertz CT molecular complexity index is 916. The van der Waals surface area contributed by atoms with Crippen LogP contribution >= 0.6 is 23.2 Å². The van der Waals surface area contributed by atoms with E-state index in [1.165, 1.54) is 0 Å². The molecule has 2 amide bonds. The van der Waals surface area contributed by atoms with Crippen molar-refractivity contribution in [2.24, 2.45) is 0 Å². The maximum atomic E-state index is 12.8. The lowest BCUT2D eigenvalue weighted by Crippen LogP contribution is -2.44. The molecule has 0 aliphatic heterocycles. The molecule has 1 aromatic carbocycles. The lowest BCUT2D eigenvalue weighted by Gasteiger charge is -2.19. The van der Waals surface area contributed by atoms with Crippen LogP contribution in [-0.2, 0) is 21.0 Å². The Morgan fingerprint density at radius 1 is 0.938 bits per heavy atom. The SMILES string of the molecule is O=C(Nc1c(Cl)cc(C(F)(F)F)cc1Cl)NS(=O)(=O)C1CCCCCCCCCCC1=O. The summed E-state index contributed by atoms with van der Waals surface area (Å²) in [6, 6.07) is -0.144. The van der Waals surface area contributed by atoms with Gasteiger partial charge in [0.2, 0.25) is 10.0 Å². The standard InChI is InChI=1S/C20H25Cl2F3N2O4S/c21-14-11-13(20(23,24)25)12-15(22)18(14)26-19(29)27-32(30,31)17-10-8-6-4-2-1-3-5-7-9-16(17)28/h11-12,17H,1-10H2,(H2,26,27,29). The summed E-state index contributed by atoms with van der Waals surface area (Å²) in [6.07, 6.45) is 2.27. The fourth-order valence-corrected chi connectivity index (χ4v) is 5.51. The van der Waals surface area contributed by atoms with Crippen LogP contribution in [0, 0.1) is 0 Å². The van der Waals surface area contributed by atoms with E-state index in [0.717, 1.165) is 38.5 Å². The fraction of sp³-hybridized carbons (Fsp3) is 0.600. The zero-order valence-corrected chi connectivity index (χ0v) is 19.6. The van der Waals surface area contributed by atoms with Crippen LogP contribution in [0.15, 0.2) is 12.1 Å². The van der Waals surface area contributed by atoms with Crippen LogP contribution in [-0.4, -0.2) is 25.5 Å². The van der Waals surface area contributed by atoms with E-state index in [2.05, 4.69) is 5.32 Å². The number of sulfonamides is 1. The molecule has 1 atom stereocenters. The average Bonchev–Trinajstić information content (AvgIpc) is 2.66. The molecule has 1 unspecified atom stereocenters. The van der Waals surface area contributed by atoms with Gasteiger partial charge in [0.1, 0.15) is 5.25 Å². The Morgan fingerprint density at radius 3 is 1.97 bits per heavy atom. The molecule has 1 aliphatic carbocycles. The van der Waals surface area contributed by atoms with Gasteiger partial charge < -0.3 is 5.32 Å². The lowest BCUT2D eigenvalue weighted by molar-refractivity contribution is -0.137. The maximum absolute atomic E-state index is 12.8. The highest BCUT2D eigenvalue weighted by Gasteiger charge is 2.34. The Labute approximate surface area is 195 Å². The van der Waals surface area contributed by atoms with Gasteiger partial charge >= 0.3 is 12.2 Å². The number of benzene rings is 1. The van der Waals surface area contributed by atoms with Crippen molar-refractivity contribution in [1.82, 2.24) is 4.72 Å². The Morgan fingerprint density at radius 2 is 1.44 bits per heavy atom. The van der Waals surface area contributed by atoms with E-state index in [1.54, 1.807) is 4.72 Å². The molecule has 2 N–H and O–H groups in total. The van der Waals surface area contributed by atoms with E-state index in [0.29, 0.717) is 25.0 Å².